The smallest absolute Gasteiger partial charge is 0.263 e. The van der Waals surface area contributed by atoms with Crippen molar-refractivity contribution in [2.24, 2.45) is 0 Å². The van der Waals surface area contributed by atoms with Crippen LogP contribution in [-0.4, -0.2) is 25.0 Å². The van der Waals surface area contributed by atoms with Gasteiger partial charge in [-0.2, -0.15) is 21.6 Å². The van der Waals surface area contributed by atoms with Crippen LogP contribution in [-0.2, 0) is 14.3 Å². The van der Waals surface area contributed by atoms with E-state index < -0.39 is 22.2 Å². The van der Waals surface area contributed by atoms with E-state index in [1.165, 1.54) is 0 Å². The van der Waals surface area contributed by atoms with Gasteiger partial charge >= 0.3 is 15.6 Å². The molecule has 0 heterocycles. The summed E-state index contributed by atoms with van der Waals surface area (Å²) in [4.78, 5) is 0. The van der Waals surface area contributed by atoms with Gasteiger partial charge in [-0.1, -0.05) is 22.6 Å². The lowest BCUT2D eigenvalue weighted by atomic mass is 10.4. The minimum absolute atomic E-state index is 0.304. The highest BCUT2D eigenvalue weighted by atomic mass is 127. The van der Waals surface area contributed by atoms with E-state index in [2.05, 4.69) is 4.18 Å². The molecule has 0 unspecified atom stereocenters. The lowest BCUT2D eigenvalue weighted by Gasteiger charge is -2.07. The predicted molar refractivity (Wildman–Crippen MR) is 49.0 cm³/mol. The zero-order chi connectivity index (χ0) is 10.5. The van der Waals surface area contributed by atoms with E-state index >= 15 is 0 Å². The fraction of sp³-hybridized carbons (Fsp3) is 1.00. The zero-order valence-electron chi connectivity index (χ0n) is 6.47. The van der Waals surface area contributed by atoms with E-state index in [1.54, 1.807) is 0 Å². The third-order valence-electron chi connectivity index (χ3n) is 1.05. The molecule has 0 rings (SSSR count). The monoisotopic (exact) mass is 332 g/mol. The van der Waals surface area contributed by atoms with Gasteiger partial charge in [0.15, 0.2) is 0 Å². The van der Waals surface area contributed by atoms with Gasteiger partial charge in [0.2, 0.25) is 0 Å². The van der Waals surface area contributed by atoms with E-state index in [4.69, 9.17) is 0 Å². The van der Waals surface area contributed by atoms with Crippen LogP contribution in [0.5, 0.6) is 0 Å². The van der Waals surface area contributed by atoms with Crippen LogP contribution in [0.3, 0.4) is 0 Å². The molecule has 13 heavy (non-hydrogen) atoms. The number of hydrogen-bond acceptors (Lipinski definition) is 3. The molecule has 0 N–H and O–H groups in total. The van der Waals surface area contributed by atoms with Crippen molar-refractivity contribution in [2.45, 2.75) is 18.3 Å². The first kappa shape index (κ1) is 13.4. The second-order valence-electron chi connectivity index (χ2n) is 2.12. The van der Waals surface area contributed by atoms with Crippen molar-refractivity contribution in [3.63, 3.8) is 0 Å². The van der Waals surface area contributed by atoms with Crippen LogP contribution in [0.1, 0.15) is 12.8 Å². The van der Waals surface area contributed by atoms with E-state index in [-0.39, 0.29) is 0 Å². The summed E-state index contributed by atoms with van der Waals surface area (Å²) in [5.74, 6) is 0. The van der Waals surface area contributed by atoms with Crippen LogP contribution in [0.15, 0.2) is 0 Å². The van der Waals surface area contributed by atoms with Crippen molar-refractivity contribution in [1.82, 2.24) is 0 Å². The van der Waals surface area contributed by atoms with E-state index in [1.807, 2.05) is 22.6 Å². The minimum atomic E-state index is -5.38. The summed E-state index contributed by atoms with van der Waals surface area (Å²) in [5.41, 5.74) is -5.31. The molecule has 0 aromatic rings. The number of rotatable bonds is 5. The van der Waals surface area contributed by atoms with E-state index in [9.17, 15) is 21.6 Å². The van der Waals surface area contributed by atoms with Gasteiger partial charge in [-0.15, -0.1) is 0 Å². The van der Waals surface area contributed by atoms with Gasteiger partial charge in [-0.25, -0.2) is 0 Å². The standard InChI is InChI=1S/C5H8F3IO3S/c6-5(7,8)13(10,11)12-4-2-1-3-9/h1-4H2. The average molecular weight is 332 g/mol. The summed E-state index contributed by atoms with van der Waals surface area (Å²) < 4.78 is 59.9. The van der Waals surface area contributed by atoms with Crippen LogP contribution in [0, 0.1) is 0 Å². The third-order valence-corrected chi connectivity index (χ3v) is 2.86. The molecule has 0 aromatic heterocycles. The molecule has 0 saturated carbocycles. The fourth-order valence-corrected chi connectivity index (χ4v) is 1.44. The van der Waals surface area contributed by atoms with Gasteiger partial charge in [0.1, 0.15) is 0 Å². The number of unbranched alkanes of at least 4 members (excludes halogenated alkanes) is 1. The molecule has 0 saturated heterocycles. The van der Waals surface area contributed by atoms with Crippen LogP contribution >= 0.6 is 22.6 Å². The highest BCUT2D eigenvalue weighted by Gasteiger charge is 2.47. The summed E-state index contributed by atoms with van der Waals surface area (Å²) in [5, 5.41) is 0. The lowest BCUT2D eigenvalue weighted by Crippen LogP contribution is -2.25. The fourth-order valence-electron chi connectivity index (χ4n) is 0.432. The Morgan fingerprint density at radius 3 is 2.15 bits per heavy atom. The first-order chi connectivity index (χ1) is 5.81. The quantitative estimate of drug-likeness (QED) is 0.255. The molecule has 0 spiro atoms. The topological polar surface area (TPSA) is 43.4 Å². The van der Waals surface area contributed by atoms with Gasteiger partial charge in [0.05, 0.1) is 6.61 Å². The Bertz CT molecular complexity index is 236. The zero-order valence-corrected chi connectivity index (χ0v) is 9.45. The number of alkyl halides is 4. The van der Waals surface area contributed by atoms with Crippen molar-refractivity contribution in [1.29, 1.82) is 0 Å². The third kappa shape index (κ3) is 5.01. The SMILES string of the molecule is O=S(=O)(OCCCCI)C(F)(F)F. The summed E-state index contributed by atoms with van der Waals surface area (Å²) in [6.45, 7) is -0.412. The van der Waals surface area contributed by atoms with Crippen LogP contribution in [0.2, 0.25) is 0 Å². The van der Waals surface area contributed by atoms with Gasteiger partial charge in [-0.3, -0.25) is 4.18 Å². The second kappa shape index (κ2) is 5.35. The molecule has 0 aliphatic rings. The largest absolute Gasteiger partial charge is 0.523 e. The molecule has 8 heteroatoms. The van der Waals surface area contributed by atoms with Crippen molar-refractivity contribution in [3.05, 3.63) is 0 Å². The molecular weight excluding hydrogens is 324 g/mol. The Morgan fingerprint density at radius 2 is 1.77 bits per heavy atom. The maximum absolute atomic E-state index is 11.6. The Labute approximate surface area is 87.9 Å². The van der Waals surface area contributed by atoms with Gasteiger partial charge in [0, 0.05) is 0 Å². The molecule has 0 aromatic carbocycles. The number of hydrogen-bond donors (Lipinski definition) is 0. The van der Waals surface area contributed by atoms with Gasteiger partial charge in [0.25, 0.3) is 0 Å². The molecule has 0 amide bonds. The Hall–Kier alpha value is 0.430. The second-order valence-corrected chi connectivity index (χ2v) is 4.80. The van der Waals surface area contributed by atoms with Gasteiger partial charge in [-0.05, 0) is 17.3 Å². The van der Waals surface area contributed by atoms with Crippen LogP contribution in [0.4, 0.5) is 13.2 Å². The predicted octanol–water partition coefficient (Wildman–Crippen LogP) is 2.07. The molecule has 0 aliphatic carbocycles. The lowest BCUT2D eigenvalue weighted by molar-refractivity contribution is -0.0542. The molecular formula is C5H8F3IO3S. The Morgan fingerprint density at radius 1 is 1.23 bits per heavy atom. The molecule has 0 atom stereocenters. The van der Waals surface area contributed by atoms with Crippen molar-refractivity contribution < 1.29 is 25.8 Å². The van der Waals surface area contributed by atoms with E-state index in [0.29, 0.717) is 12.8 Å². The van der Waals surface area contributed by atoms with E-state index in [0.717, 1.165) is 4.43 Å². The van der Waals surface area contributed by atoms with Crippen molar-refractivity contribution >= 4 is 32.7 Å². The Balaban J connectivity index is 3.92. The molecule has 3 nitrogen and oxygen atoms in total. The molecule has 80 valence electrons. The van der Waals surface area contributed by atoms with Crippen LogP contribution < -0.4 is 0 Å². The maximum Gasteiger partial charge on any atom is 0.523 e. The molecule has 0 fully saturated rings. The Kier molecular flexibility index (Phi) is 5.52. The summed E-state index contributed by atoms with van der Waals surface area (Å²) >= 11 is 2.04. The maximum atomic E-state index is 11.6. The summed E-state index contributed by atoms with van der Waals surface area (Å²) in [6.07, 6.45) is 0.937. The molecule has 0 bridgehead atoms. The van der Waals surface area contributed by atoms with Crippen LogP contribution in [0.25, 0.3) is 0 Å². The van der Waals surface area contributed by atoms with Crippen molar-refractivity contribution in [2.75, 3.05) is 11.0 Å². The first-order valence-corrected chi connectivity index (χ1v) is 6.26. The number of halogens is 4. The molecule has 0 aliphatic heterocycles. The summed E-state index contributed by atoms with van der Waals surface area (Å²) in [7, 11) is -5.38. The minimum Gasteiger partial charge on any atom is -0.263 e. The molecule has 0 radical (unpaired) electrons. The normalized spacial score (nSPS) is 13.2. The highest BCUT2D eigenvalue weighted by molar-refractivity contribution is 14.1. The van der Waals surface area contributed by atoms with Gasteiger partial charge < -0.3 is 0 Å². The summed E-state index contributed by atoms with van der Waals surface area (Å²) in [6, 6.07) is 0. The highest BCUT2D eigenvalue weighted by Crippen LogP contribution is 2.24. The average Bonchev–Trinajstić information content (AvgIpc) is 1.96. The first-order valence-electron chi connectivity index (χ1n) is 3.33. The van der Waals surface area contributed by atoms with Crippen molar-refractivity contribution in [3.8, 4) is 0 Å².